The highest BCUT2D eigenvalue weighted by Crippen LogP contribution is 2.16. The highest BCUT2D eigenvalue weighted by atomic mass is 16.4. The van der Waals surface area contributed by atoms with Gasteiger partial charge in [-0.3, -0.25) is 4.79 Å². The van der Waals surface area contributed by atoms with Crippen LogP contribution in [-0.2, 0) is 4.79 Å². The molecule has 1 atom stereocenters. The lowest BCUT2D eigenvalue weighted by Crippen LogP contribution is -2.10. The van der Waals surface area contributed by atoms with Crippen molar-refractivity contribution in [1.82, 2.24) is 9.38 Å². The van der Waals surface area contributed by atoms with E-state index in [-0.39, 0.29) is 0 Å². The molecule has 2 heterocycles. The predicted molar refractivity (Wildman–Crippen MR) is 51.2 cm³/mol. The Morgan fingerprint density at radius 2 is 2.36 bits per heavy atom. The van der Waals surface area contributed by atoms with Crippen LogP contribution < -0.4 is 0 Å². The fourth-order valence-corrected chi connectivity index (χ4v) is 1.45. The van der Waals surface area contributed by atoms with E-state index in [4.69, 9.17) is 5.11 Å². The Kier molecular flexibility index (Phi) is 1.96. The van der Waals surface area contributed by atoms with Crippen molar-refractivity contribution in [3.8, 4) is 0 Å². The number of hydrogen-bond acceptors (Lipinski definition) is 2. The molecule has 0 radical (unpaired) electrons. The highest BCUT2D eigenvalue weighted by Gasteiger charge is 2.15. The number of carboxylic acid groups (broad SMARTS) is 1. The van der Waals surface area contributed by atoms with Crippen LogP contribution in [0.2, 0.25) is 0 Å². The van der Waals surface area contributed by atoms with Gasteiger partial charge in [0.15, 0.2) is 0 Å². The molecular weight excluding hydrogens is 180 g/mol. The van der Waals surface area contributed by atoms with Crippen LogP contribution in [0.15, 0.2) is 30.7 Å². The molecule has 2 aromatic heterocycles. The second-order valence-electron chi connectivity index (χ2n) is 3.20. The molecule has 4 nitrogen and oxygen atoms in total. The van der Waals surface area contributed by atoms with Gasteiger partial charge in [0.25, 0.3) is 0 Å². The van der Waals surface area contributed by atoms with Crippen LogP contribution in [-0.4, -0.2) is 20.5 Å². The van der Waals surface area contributed by atoms with Crippen LogP contribution in [0.1, 0.15) is 18.5 Å². The van der Waals surface area contributed by atoms with Gasteiger partial charge in [-0.2, -0.15) is 0 Å². The Morgan fingerprint density at radius 1 is 1.57 bits per heavy atom. The van der Waals surface area contributed by atoms with Crippen molar-refractivity contribution < 1.29 is 9.90 Å². The number of aliphatic carboxylic acids is 1. The number of imidazole rings is 1. The number of aromatic nitrogens is 2. The summed E-state index contributed by atoms with van der Waals surface area (Å²) in [5.41, 5.74) is 1.66. The Balaban J connectivity index is 2.61. The highest BCUT2D eigenvalue weighted by molar-refractivity contribution is 5.75. The van der Waals surface area contributed by atoms with E-state index in [9.17, 15) is 4.79 Å². The molecule has 0 aliphatic heterocycles. The second kappa shape index (κ2) is 3.14. The summed E-state index contributed by atoms with van der Waals surface area (Å²) in [4.78, 5) is 14.8. The lowest BCUT2D eigenvalue weighted by atomic mass is 10.1. The van der Waals surface area contributed by atoms with Crippen LogP contribution in [0.3, 0.4) is 0 Å². The molecule has 1 N–H and O–H groups in total. The number of pyridine rings is 1. The number of rotatable bonds is 2. The maximum absolute atomic E-state index is 10.8. The number of nitrogens with zero attached hydrogens (tertiary/aromatic N) is 2. The largest absolute Gasteiger partial charge is 0.481 e. The Bertz CT molecular complexity index is 476. The van der Waals surface area contributed by atoms with Gasteiger partial charge in [-0.05, 0) is 19.1 Å². The van der Waals surface area contributed by atoms with Gasteiger partial charge in [-0.15, -0.1) is 0 Å². The molecule has 14 heavy (non-hydrogen) atoms. The van der Waals surface area contributed by atoms with Gasteiger partial charge in [-0.25, -0.2) is 4.98 Å². The van der Waals surface area contributed by atoms with E-state index >= 15 is 0 Å². The Hall–Kier alpha value is -1.84. The molecule has 4 heteroatoms. The first kappa shape index (κ1) is 8.74. The minimum Gasteiger partial charge on any atom is -0.481 e. The SMILES string of the molecule is CC(C(=O)O)c1cccc2cncn12. The number of carbonyl (C=O) groups is 1. The van der Waals surface area contributed by atoms with Gasteiger partial charge in [-0.1, -0.05) is 6.07 Å². The summed E-state index contributed by atoms with van der Waals surface area (Å²) >= 11 is 0. The first-order valence-electron chi connectivity index (χ1n) is 4.34. The minimum absolute atomic E-state index is 0.520. The maximum Gasteiger partial charge on any atom is 0.312 e. The zero-order valence-corrected chi connectivity index (χ0v) is 7.71. The van der Waals surface area contributed by atoms with E-state index in [1.165, 1.54) is 0 Å². The van der Waals surface area contributed by atoms with Crippen molar-refractivity contribution in [2.45, 2.75) is 12.8 Å². The van der Waals surface area contributed by atoms with Crippen molar-refractivity contribution in [1.29, 1.82) is 0 Å². The molecular formula is C10H10N2O2. The smallest absolute Gasteiger partial charge is 0.312 e. The van der Waals surface area contributed by atoms with E-state index in [0.29, 0.717) is 0 Å². The summed E-state index contributed by atoms with van der Waals surface area (Å²) in [5, 5.41) is 8.90. The lowest BCUT2D eigenvalue weighted by Gasteiger charge is -2.08. The van der Waals surface area contributed by atoms with Gasteiger partial charge in [0.1, 0.15) is 0 Å². The average molecular weight is 190 g/mol. The monoisotopic (exact) mass is 190 g/mol. The predicted octanol–water partition coefficient (Wildman–Crippen LogP) is 1.52. The molecule has 2 aromatic rings. The van der Waals surface area contributed by atoms with Gasteiger partial charge < -0.3 is 9.51 Å². The topological polar surface area (TPSA) is 54.6 Å². The molecule has 0 saturated heterocycles. The molecule has 0 bridgehead atoms. The number of fused-ring (bicyclic) bond motifs is 1. The molecule has 0 aliphatic carbocycles. The van der Waals surface area contributed by atoms with E-state index in [1.54, 1.807) is 29.9 Å². The summed E-state index contributed by atoms with van der Waals surface area (Å²) in [6, 6.07) is 5.53. The first-order valence-corrected chi connectivity index (χ1v) is 4.34. The van der Waals surface area contributed by atoms with E-state index in [2.05, 4.69) is 4.98 Å². The lowest BCUT2D eigenvalue weighted by molar-refractivity contribution is -0.138. The summed E-state index contributed by atoms with van der Waals surface area (Å²) in [7, 11) is 0. The average Bonchev–Trinajstić information content (AvgIpc) is 2.63. The van der Waals surface area contributed by atoms with Crippen molar-refractivity contribution in [3.05, 3.63) is 36.4 Å². The fourth-order valence-electron chi connectivity index (χ4n) is 1.45. The van der Waals surface area contributed by atoms with Crippen LogP contribution in [0.25, 0.3) is 5.52 Å². The standard InChI is InChI=1S/C10H10N2O2/c1-7(10(13)14)9-4-2-3-8-5-11-6-12(8)9/h2-7H,1H3,(H,13,14). The Morgan fingerprint density at radius 3 is 3.07 bits per heavy atom. The van der Waals surface area contributed by atoms with Gasteiger partial charge in [0.05, 0.1) is 24.0 Å². The molecule has 0 aliphatic rings. The van der Waals surface area contributed by atoms with Crippen molar-refractivity contribution >= 4 is 11.5 Å². The van der Waals surface area contributed by atoms with Crippen LogP contribution in [0.4, 0.5) is 0 Å². The maximum atomic E-state index is 10.8. The molecule has 2 rings (SSSR count). The van der Waals surface area contributed by atoms with Crippen LogP contribution in [0.5, 0.6) is 0 Å². The molecule has 1 unspecified atom stereocenters. The summed E-state index contributed by atoms with van der Waals surface area (Å²) in [5.74, 6) is -1.35. The van der Waals surface area contributed by atoms with Gasteiger partial charge >= 0.3 is 5.97 Å². The quantitative estimate of drug-likeness (QED) is 0.781. The first-order chi connectivity index (χ1) is 6.70. The third-order valence-electron chi connectivity index (χ3n) is 2.29. The van der Waals surface area contributed by atoms with Crippen molar-refractivity contribution in [2.75, 3.05) is 0 Å². The van der Waals surface area contributed by atoms with Gasteiger partial charge in [0, 0.05) is 5.69 Å². The molecule has 0 fully saturated rings. The summed E-state index contributed by atoms with van der Waals surface area (Å²) in [6.07, 6.45) is 3.34. The van der Waals surface area contributed by atoms with E-state index < -0.39 is 11.9 Å². The number of hydrogen-bond donors (Lipinski definition) is 1. The minimum atomic E-state index is -0.828. The van der Waals surface area contributed by atoms with Gasteiger partial charge in [0.2, 0.25) is 0 Å². The van der Waals surface area contributed by atoms with E-state index in [1.807, 2.05) is 12.1 Å². The Labute approximate surface area is 80.8 Å². The molecule has 0 amide bonds. The normalized spacial score (nSPS) is 12.9. The third-order valence-corrected chi connectivity index (χ3v) is 2.29. The molecule has 72 valence electrons. The third kappa shape index (κ3) is 1.25. The number of carboxylic acids is 1. The van der Waals surface area contributed by atoms with E-state index in [0.717, 1.165) is 11.2 Å². The molecule has 0 saturated carbocycles. The summed E-state index contributed by atoms with van der Waals surface area (Å²) in [6.45, 7) is 1.66. The summed E-state index contributed by atoms with van der Waals surface area (Å²) < 4.78 is 1.79. The van der Waals surface area contributed by atoms with Crippen LogP contribution >= 0.6 is 0 Å². The molecule has 0 spiro atoms. The second-order valence-corrected chi connectivity index (χ2v) is 3.20. The fraction of sp³-hybridized carbons (Fsp3) is 0.200. The van der Waals surface area contributed by atoms with Crippen LogP contribution in [0, 0.1) is 0 Å². The van der Waals surface area contributed by atoms with Crippen molar-refractivity contribution in [3.63, 3.8) is 0 Å². The zero-order chi connectivity index (χ0) is 10.1. The zero-order valence-electron chi connectivity index (χ0n) is 7.71. The molecule has 0 aromatic carbocycles. The van der Waals surface area contributed by atoms with Crippen molar-refractivity contribution in [2.24, 2.45) is 0 Å².